The van der Waals surface area contributed by atoms with Crippen molar-refractivity contribution in [1.29, 1.82) is 0 Å². The van der Waals surface area contributed by atoms with Gasteiger partial charge in [-0.3, -0.25) is 0 Å². The second kappa shape index (κ2) is 11.5. The fourth-order valence-electron chi connectivity index (χ4n) is 2.48. The highest BCUT2D eigenvalue weighted by Gasteiger charge is 2.06. The Morgan fingerprint density at radius 3 is 2.69 bits per heavy atom. The van der Waals surface area contributed by atoms with E-state index < -0.39 is 0 Å². The average Bonchev–Trinajstić information content (AvgIpc) is 3.11. The minimum Gasteiger partial charge on any atom is -0.357 e. The fourth-order valence-corrected chi connectivity index (χ4v) is 3.41. The van der Waals surface area contributed by atoms with Gasteiger partial charge in [0.05, 0.1) is 10.7 Å². The minimum absolute atomic E-state index is 0. The summed E-state index contributed by atoms with van der Waals surface area (Å²) in [5, 5.41) is 7.85. The average molecular weight is 490 g/mol. The number of hydrogen-bond acceptors (Lipinski definition) is 4. The molecule has 0 aromatic carbocycles. The number of aliphatic imine (C=N–C) groups is 1. The third kappa shape index (κ3) is 7.22. The molecule has 2 aromatic rings. The molecule has 0 saturated heterocycles. The summed E-state index contributed by atoms with van der Waals surface area (Å²) in [5.74, 6) is 2.41. The number of aryl methyl sites for hydroxylation is 2. The lowest BCUT2D eigenvalue weighted by atomic mass is 10.2. The van der Waals surface area contributed by atoms with E-state index in [1.54, 1.807) is 11.3 Å². The Labute approximate surface area is 178 Å². The number of guanidine groups is 1. The largest absolute Gasteiger partial charge is 0.357 e. The van der Waals surface area contributed by atoms with Crippen LogP contribution in [0.4, 0.5) is 0 Å². The van der Waals surface area contributed by atoms with Crippen molar-refractivity contribution in [3.63, 3.8) is 0 Å². The molecule has 0 bridgehead atoms. The molecule has 2 aromatic heterocycles. The van der Waals surface area contributed by atoms with Crippen LogP contribution in [0.25, 0.3) is 0 Å². The SMILES string of the molecule is CCNC(=NCc1nccn1CC(C)C)NCCc1nc(C)c(C)s1.I. The maximum Gasteiger partial charge on any atom is 0.191 e. The number of imidazole rings is 1. The van der Waals surface area contributed by atoms with Gasteiger partial charge >= 0.3 is 0 Å². The number of thiazole rings is 1. The van der Waals surface area contributed by atoms with Gasteiger partial charge in [-0.15, -0.1) is 35.3 Å². The lowest BCUT2D eigenvalue weighted by molar-refractivity contribution is 0.507. The van der Waals surface area contributed by atoms with Crippen molar-refractivity contribution in [1.82, 2.24) is 25.2 Å². The molecule has 0 atom stereocenters. The Kier molecular flexibility index (Phi) is 10.1. The van der Waals surface area contributed by atoms with Gasteiger partial charge in [0.25, 0.3) is 0 Å². The first-order valence-electron chi connectivity index (χ1n) is 8.94. The monoisotopic (exact) mass is 490 g/mol. The highest BCUT2D eigenvalue weighted by Crippen LogP contribution is 2.16. The van der Waals surface area contributed by atoms with Crippen LogP contribution in [0.2, 0.25) is 0 Å². The van der Waals surface area contributed by atoms with Gasteiger partial charge in [0.2, 0.25) is 0 Å². The molecular formula is C18H31IN6S. The van der Waals surface area contributed by atoms with Crippen molar-refractivity contribution in [3.05, 3.63) is 33.8 Å². The molecule has 0 aliphatic rings. The Hall–Kier alpha value is -1.16. The molecule has 26 heavy (non-hydrogen) atoms. The summed E-state index contributed by atoms with van der Waals surface area (Å²) in [6, 6.07) is 0. The second-order valence-corrected chi connectivity index (χ2v) is 7.80. The van der Waals surface area contributed by atoms with E-state index in [0.717, 1.165) is 43.5 Å². The highest BCUT2D eigenvalue weighted by molar-refractivity contribution is 14.0. The van der Waals surface area contributed by atoms with Crippen molar-refractivity contribution in [3.8, 4) is 0 Å². The molecule has 8 heteroatoms. The van der Waals surface area contributed by atoms with Crippen LogP contribution in [0, 0.1) is 19.8 Å². The Balaban J connectivity index is 0.00000338. The van der Waals surface area contributed by atoms with E-state index in [2.05, 4.69) is 64.8 Å². The predicted molar refractivity (Wildman–Crippen MR) is 121 cm³/mol. The van der Waals surface area contributed by atoms with Crippen LogP contribution in [0.3, 0.4) is 0 Å². The standard InChI is InChI=1S/C18H30N6S.HI/c1-6-19-18(21-8-7-17-23-14(4)15(5)25-17)22-11-16-20-9-10-24(16)12-13(2)3;/h9-10,13H,6-8,11-12H2,1-5H3,(H2,19,21,22);1H. The van der Waals surface area contributed by atoms with Crippen LogP contribution in [-0.2, 0) is 19.5 Å². The van der Waals surface area contributed by atoms with Gasteiger partial charge in [0, 0.05) is 43.3 Å². The summed E-state index contributed by atoms with van der Waals surface area (Å²) in [4.78, 5) is 15.0. The second-order valence-electron chi connectivity index (χ2n) is 6.51. The van der Waals surface area contributed by atoms with Gasteiger partial charge in [0.1, 0.15) is 12.4 Å². The summed E-state index contributed by atoms with van der Waals surface area (Å²) >= 11 is 1.77. The van der Waals surface area contributed by atoms with Crippen molar-refractivity contribution in [2.75, 3.05) is 13.1 Å². The normalized spacial score (nSPS) is 11.5. The van der Waals surface area contributed by atoms with Gasteiger partial charge in [-0.25, -0.2) is 15.0 Å². The molecule has 2 N–H and O–H groups in total. The van der Waals surface area contributed by atoms with E-state index >= 15 is 0 Å². The zero-order valence-electron chi connectivity index (χ0n) is 16.4. The molecule has 0 aliphatic heterocycles. The predicted octanol–water partition coefficient (Wildman–Crippen LogP) is 3.53. The van der Waals surface area contributed by atoms with Crippen molar-refractivity contribution in [2.24, 2.45) is 10.9 Å². The van der Waals surface area contributed by atoms with E-state index in [0.29, 0.717) is 12.5 Å². The van der Waals surface area contributed by atoms with Crippen LogP contribution in [0.1, 0.15) is 42.2 Å². The first kappa shape index (κ1) is 22.9. The highest BCUT2D eigenvalue weighted by atomic mass is 127. The summed E-state index contributed by atoms with van der Waals surface area (Å²) in [6.07, 6.45) is 4.78. The molecule has 146 valence electrons. The van der Waals surface area contributed by atoms with Crippen molar-refractivity contribution in [2.45, 2.75) is 54.1 Å². The number of nitrogens with zero attached hydrogens (tertiary/aromatic N) is 4. The quantitative estimate of drug-likeness (QED) is 0.338. The van der Waals surface area contributed by atoms with Crippen LogP contribution in [0.5, 0.6) is 0 Å². The van der Waals surface area contributed by atoms with Gasteiger partial charge in [-0.2, -0.15) is 0 Å². The van der Waals surface area contributed by atoms with E-state index in [1.165, 1.54) is 9.88 Å². The van der Waals surface area contributed by atoms with Gasteiger partial charge in [0.15, 0.2) is 5.96 Å². The smallest absolute Gasteiger partial charge is 0.191 e. The zero-order chi connectivity index (χ0) is 18.2. The molecule has 0 saturated carbocycles. The molecule has 0 spiro atoms. The summed E-state index contributed by atoms with van der Waals surface area (Å²) < 4.78 is 2.18. The molecule has 0 radical (unpaired) electrons. The zero-order valence-corrected chi connectivity index (χ0v) is 19.5. The first-order chi connectivity index (χ1) is 12.0. The number of halogens is 1. The third-order valence-corrected chi connectivity index (χ3v) is 4.92. The van der Waals surface area contributed by atoms with Gasteiger partial charge < -0.3 is 15.2 Å². The van der Waals surface area contributed by atoms with Crippen molar-refractivity contribution < 1.29 is 0 Å². The Bertz CT molecular complexity index is 672. The van der Waals surface area contributed by atoms with E-state index in [4.69, 9.17) is 0 Å². The van der Waals surface area contributed by atoms with E-state index in [-0.39, 0.29) is 24.0 Å². The summed E-state index contributed by atoms with van der Waals surface area (Å²) in [5.41, 5.74) is 1.14. The third-order valence-electron chi connectivity index (χ3n) is 3.79. The van der Waals surface area contributed by atoms with Crippen molar-refractivity contribution >= 4 is 41.3 Å². The summed E-state index contributed by atoms with van der Waals surface area (Å²) in [7, 11) is 0. The maximum atomic E-state index is 4.67. The molecule has 0 fully saturated rings. The minimum atomic E-state index is 0. The molecule has 0 unspecified atom stereocenters. The number of rotatable bonds is 8. The fraction of sp³-hybridized carbons (Fsp3) is 0.611. The molecule has 6 nitrogen and oxygen atoms in total. The van der Waals surface area contributed by atoms with E-state index in [9.17, 15) is 0 Å². The molecule has 0 amide bonds. The topological polar surface area (TPSA) is 67.1 Å². The Morgan fingerprint density at radius 1 is 1.31 bits per heavy atom. The van der Waals surface area contributed by atoms with Crippen LogP contribution >= 0.6 is 35.3 Å². The molecule has 2 heterocycles. The lowest BCUT2D eigenvalue weighted by Crippen LogP contribution is -2.38. The van der Waals surface area contributed by atoms with Gasteiger partial charge in [-0.05, 0) is 26.7 Å². The molecular weight excluding hydrogens is 459 g/mol. The number of hydrogen-bond donors (Lipinski definition) is 2. The number of nitrogens with one attached hydrogen (secondary N) is 2. The van der Waals surface area contributed by atoms with Crippen LogP contribution < -0.4 is 10.6 Å². The lowest BCUT2D eigenvalue weighted by Gasteiger charge is -2.12. The number of aromatic nitrogens is 3. The van der Waals surface area contributed by atoms with Crippen LogP contribution in [-0.4, -0.2) is 33.6 Å². The summed E-state index contributed by atoms with van der Waals surface area (Å²) in [6.45, 7) is 13.9. The Morgan fingerprint density at radius 2 is 2.08 bits per heavy atom. The molecule has 0 aliphatic carbocycles. The van der Waals surface area contributed by atoms with Crippen LogP contribution in [0.15, 0.2) is 17.4 Å². The maximum absolute atomic E-state index is 4.67. The van der Waals surface area contributed by atoms with E-state index in [1.807, 2.05) is 12.4 Å². The van der Waals surface area contributed by atoms with Gasteiger partial charge in [-0.1, -0.05) is 13.8 Å². The first-order valence-corrected chi connectivity index (χ1v) is 9.76. The molecule has 2 rings (SSSR count).